The normalized spacial score (nSPS) is 15.0. The summed E-state index contributed by atoms with van der Waals surface area (Å²) in [6, 6.07) is 2.83. The van der Waals surface area contributed by atoms with Crippen molar-refractivity contribution >= 4 is 49.4 Å². The standard InChI is InChI=1S/C10H5Br2NO3/c11-6-3-5(14)4-7(12)10(6)13-8(15)1-2-9(13)16/h1-4,14H. The Bertz CT molecular complexity index is 484. The van der Waals surface area contributed by atoms with Crippen molar-refractivity contribution in [3.05, 3.63) is 33.2 Å². The lowest BCUT2D eigenvalue weighted by atomic mass is 10.3. The Balaban J connectivity index is 2.57. The largest absolute Gasteiger partial charge is 0.508 e. The predicted molar refractivity (Wildman–Crippen MR) is 65.1 cm³/mol. The van der Waals surface area contributed by atoms with E-state index < -0.39 is 11.8 Å². The second kappa shape index (κ2) is 4.03. The quantitative estimate of drug-likeness (QED) is 0.794. The number of nitrogens with zero attached hydrogens (tertiary/aromatic N) is 1. The highest BCUT2D eigenvalue weighted by Crippen LogP contribution is 2.38. The molecule has 2 amide bonds. The monoisotopic (exact) mass is 345 g/mol. The number of rotatable bonds is 1. The van der Waals surface area contributed by atoms with Gasteiger partial charge in [-0.1, -0.05) is 0 Å². The zero-order chi connectivity index (χ0) is 11.9. The van der Waals surface area contributed by atoms with Crippen molar-refractivity contribution in [3.8, 4) is 5.75 Å². The van der Waals surface area contributed by atoms with Crippen molar-refractivity contribution in [2.75, 3.05) is 4.90 Å². The fourth-order valence-corrected chi connectivity index (χ4v) is 2.90. The second-order valence-electron chi connectivity index (χ2n) is 3.10. The van der Waals surface area contributed by atoms with Crippen LogP contribution in [0.5, 0.6) is 5.75 Å². The summed E-state index contributed by atoms with van der Waals surface area (Å²) in [7, 11) is 0. The van der Waals surface area contributed by atoms with Crippen LogP contribution in [0.2, 0.25) is 0 Å². The average molecular weight is 347 g/mol. The van der Waals surface area contributed by atoms with Crippen LogP contribution in [0.25, 0.3) is 0 Å². The number of imide groups is 1. The van der Waals surface area contributed by atoms with E-state index in [0.717, 1.165) is 4.90 Å². The molecule has 82 valence electrons. The molecule has 0 saturated carbocycles. The van der Waals surface area contributed by atoms with Gasteiger partial charge in [0.2, 0.25) is 0 Å². The van der Waals surface area contributed by atoms with Crippen LogP contribution in [0, 0.1) is 0 Å². The Labute approximate surface area is 108 Å². The predicted octanol–water partition coefficient (Wildman–Crippen LogP) is 2.35. The molecule has 0 atom stereocenters. The number of amides is 2. The second-order valence-corrected chi connectivity index (χ2v) is 4.81. The average Bonchev–Trinajstić information content (AvgIpc) is 2.47. The molecule has 0 radical (unpaired) electrons. The number of anilines is 1. The summed E-state index contributed by atoms with van der Waals surface area (Å²) in [5.41, 5.74) is 0.387. The van der Waals surface area contributed by atoms with E-state index in [1.165, 1.54) is 24.3 Å². The summed E-state index contributed by atoms with van der Waals surface area (Å²) >= 11 is 6.40. The van der Waals surface area contributed by atoms with Crippen molar-refractivity contribution < 1.29 is 14.7 Å². The summed E-state index contributed by atoms with van der Waals surface area (Å²) in [6.07, 6.45) is 2.40. The van der Waals surface area contributed by atoms with Crippen LogP contribution in [-0.4, -0.2) is 16.9 Å². The lowest BCUT2D eigenvalue weighted by molar-refractivity contribution is -0.120. The van der Waals surface area contributed by atoms with Crippen molar-refractivity contribution in [2.45, 2.75) is 0 Å². The van der Waals surface area contributed by atoms with E-state index >= 15 is 0 Å². The van der Waals surface area contributed by atoms with Crippen LogP contribution in [0.1, 0.15) is 0 Å². The minimum atomic E-state index is -0.405. The zero-order valence-electron chi connectivity index (χ0n) is 7.78. The van der Waals surface area contributed by atoms with Crippen LogP contribution >= 0.6 is 31.9 Å². The van der Waals surface area contributed by atoms with Gasteiger partial charge in [-0.2, -0.15) is 0 Å². The van der Waals surface area contributed by atoms with Crippen molar-refractivity contribution in [3.63, 3.8) is 0 Å². The maximum Gasteiger partial charge on any atom is 0.258 e. The van der Waals surface area contributed by atoms with Gasteiger partial charge in [0.1, 0.15) is 5.75 Å². The van der Waals surface area contributed by atoms with Gasteiger partial charge in [-0.25, -0.2) is 4.90 Å². The van der Waals surface area contributed by atoms with Gasteiger partial charge in [-0.15, -0.1) is 0 Å². The molecule has 1 aromatic rings. The minimum absolute atomic E-state index is 0.0366. The van der Waals surface area contributed by atoms with Gasteiger partial charge in [0.05, 0.1) is 5.69 Å². The molecule has 0 fully saturated rings. The summed E-state index contributed by atoms with van der Waals surface area (Å²) in [5, 5.41) is 9.33. The molecular weight excluding hydrogens is 342 g/mol. The Kier molecular flexibility index (Phi) is 2.86. The lowest BCUT2D eigenvalue weighted by Crippen LogP contribution is -2.30. The molecule has 0 aliphatic carbocycles. The van der Waals surface area contributed by atoms with Gasteiger partial charge in [0.25, 0.3) is 11.8 Å². The van der Waals surface area contributed by atoms with Crippen LogP contribution in [-0.2, 0) is 9.59 Å². The number of aromatic hydroxyl groups is 1. The number of carbonyl (C=O) groups excluding carboxylic acids is 2. The van der Waals surface area contributed by atoms with Gasteiger partial charge < -0.3 is 5.11 Å². The molecule has 4 nitrogen and oxygen atoms in total. The first-order valence-corrected chi connectivity index (χ1v) is 5.83. The number of phenolic OH excluding ortho intramolecular Hbond substituents is 1. The fourth-order valence-electron chi connectivity index (χ4n) is 1.39. The summed E-state index contributed by atoms with van der Waals surface area (Å²) in [5.74, 6) is -0.774. The van der Waals surface area contributed by atoms with Gasteiger partial charge in [0, 0.05) is 21.1 Å². The van der Waals surface area contributed by atoms with E-state index in [2.05, 4.69) is 31.9 Å². The topological polar surface area (TPSA) is 57.6 Å². The first-order valence-electron chi connectivity index (χ1n) is 4.25. The van der Waals surface area contributed by atoms with Crippen molar-refractivity contribution in [1.82, 2.24) is 0 Å². The lowest BCUT2D eigenvalue weighted by Gasteiger charge is -2.17. The van der Waals surface area contributed by atoms with E-state index in [0.29, 0.717) is 14.6 Å². The fraction of sp³-hybridized carbons (Fsp3) is 0. The maximum absolute atomic E-state index is 11.5. The third-order valence-electron chi connectivity index (χ3n) is 2.03. The molecule has 16 heavy (non-hydrogen) atoms. The Morgan fingerprint density at radius 1 is 1.00 bits per heavy atom. The highest BCUT2D eigenvalue weighted by atomic mass is 79.9. The van der Waals surface area contributed by atoms with Crippen molar-refractivity contribution in [1.29, 1.82) is 0 Å². The van der Waals surface area contributed by atoms with Crippen LogP contribution in [0.3, 0.4) is 0 Å². The van der Waals surface area contributed by atoms with Crippen LogP contribution in [0.15, 0.2) is 33.2 Å². The molecule has 2 rings (SSSR count). The Hall–Kier alpha value is -1.14. The van der Waals surface area contributed by atoms with Crippen LogP contribution in [0.4, 0.5) is 5.69 Å². The number of hydrogen-bond acceptors (Lipinski definition) is 3. The van der Waals surface area contributed by atoms with E-state index in [9.17, 15) is 14.7 Å². The summed E-state index contributed by atoms with van der Waals surface area (Å²) in [6.45, 7) is 0. The van der Waals surface area contributed by atoms with Crippen LogP contribution < -0.4 is 4.90 Å². The molecule has 0 saturated heterocycles. The smallest absolute Gasteiger partial charge is 0.258 e. The van der Waals surface area contributed by atoms with E-state index in [-0.39, 0.29) is 5.75 Å². The number of carbonyl (C=O) groups is 2. The molecule has 0 spiro atoms. The molecule has 0 unspecified atom stereocenters. The van der Waals surface area contributed by atoms with Gasteiger partial charge in [-0.3, -0.25) is 9.59 Å². The molecule has 0 aromatic heterocycles. The third kappa shape index (κ3) is 1.78. The highest BCUT2D eigenvalue weighted by molar-refractivity contribution is 9.11. The summed E-state index contributed by atoms with van der Waals surface area (Å²) < 4.78 is 0.926. The van der Waals surface area contributed by atoms with E-state index in [1.54, 1.807) is 0 Å². The third-order valence-corrected chi connectivity index (χ3v) is 3.24. The summed E-state index contributed by atoms with van der Waals surface area (Å²) in [4.78, 5) is 24.0. The first kappa shape index (κ1) is 11.3. The molecule has 1 aliphatic rings. The van der Waals surface area contributed by atoms with Crippen molar-refractivity contribution in [2.24, 2.45) is 0 Å². The Morgan fingerprint density at radius 2 is 1.44 bits per heavy atom. The number of phenols is 1. The Morgan fingerprint density at radius 3 is 1.88 bits per heavy atom. The molecule has 6 heteroatoms. The molecule has 1 heterocycles. The number of hydrogen-bond donors (Lipinski definition) is 1. The first-order chi connectivity index (χ1) is 7.50. The molecule has 1 aliphatic heterocycles. The highest BCUT2D eigenvalue weighted by Gasteiger charge is 2.28. The number of halogens is 2. The molecule has 0 bridgehead atoms. The minimum Gasteiger partial charge on any atom is -0.508 e. The van der Waals surface area contributed by atoms with Gasteiger partial charge >= 0.3 is 0 Å². The number of benzene rings is 1. The van der Waals surface area contributed by atoms with Gasteiger partial charge in [0.15, 0.2) is 0 Å². The molecule has 1 aromatic carbocycles. The SMILES string of the molecule is O=C1C=CC(=O)N1c1c(Br)cc(O)cc1Br. The van der Waals surface area contributed by atoms with Gasteiger partial charge in [-0.05, 0) is 44.0 Å². The van der Waals surface area contributed by atoms with E-state index in [4.69, 9.17) is 0 Å². The zero-order valence-corrected chi connectivity index (χ0v) is 10.9. The van der Waals surface area contributed by atoms with E-state index in [1.807, 2.05) is 0 Å². The maximum atomic E-state index is 11.5. The molecular formula is C10H5Br2NO3. The molecule has 1 N–H and O–H groups in total.